The molecule has 0 saturated carbocycles. The maximum Gasteiger partial charge on any atom is 0.275 e. The Kier molecular flexibility index (Phi) is 4.53. The molecule has 1 aliphatic heterocycles. The summed E-state index contributed by atoms with van der Waals surface area (Å²) in [5, 5.41) is 2.87. The van der Waals surface area contributed by atoms with E-state index in [1.807, 2.05) is 41.7 Å². The second-order valence-corrected chi connectivity index (χ2v) is 7.04. The van der Waals surface area contributed by atoms with Crippen LogP contribution in [0.15, 0.2) is 42.7 Å². The smallest absolute Gasteiger partial charge is 0.275 e. The van der Waals surface area contributed by atoms with Gasteiger partial charge in [-0.15, -0.1) is 0 Å². The predicted octanol–water partition coefficient (Wildman–Crippen LogP) is 2.90. The normalized spacial score (nSPS) is 20.0. The predicted molar refractivity (Wildman–Crippen MR) is 104 cm³/mol. The minimum Gasteiger partial charge on any atom is -0.372 e. The van der Waals surface area contributed by atoms with Crippen LogP contribution < -0.4 is 10.2 Å². The van der Waals surface area contributed by atoms with Gasteiger partial charge in [-0.05, 0) is 45.0 Å². The van der Waals surface area contributed by atoms with Crippen LogP contribution in [0.1, 0.15) is 30.0 Å². The monoisotopic (exact) mass is 365 g/mol. The van der Waals surface area contributed by atoms with E-state index >= 15 is 0 Å². The Morgan fingerprint density at radius 2 is 1.96 bits per heavy atom. The van der Waals surface area contributed by atoms with Crippen LogP contribution in [0, 0.1) is 6.92 Å². The third-order valence-electron chi connectivity index (χ3n) is 4.68. The van der Waals surface area contributed by atoms with Gasteiger partial charge in [0, 0.05) is 25.0 Å². The Morgan fingerprint density at radius 1 is 1.19 bits per heavy atom. The van der Waals surface area contributed by atoms with Crippen molar-refractivity contribution in [3.05, 3.63) is 54.1 Å². The lowest BCUT2D eigenvalue weighted by atomic mass is 10.2. The highest BCUT2D eigenvalue weighted by atomic mass is 16.5. The first-order valence-electron chi connectivity index (χ1n) is 9.12. The van der Waals surface area contributed by atoms with Crippen molar-refractivity contribution in [2.45, 2.75) is 33.0 Å². The summed E-state index contributed by atoms with van der Waals surface area (Å²) >= 11 is 0. The van der Waals surface area contributed by atoms with Crippen LogP contribution in [0.25, 0.3) is 5.65 Å². The number of hydrogen-bond donors (Lipinski definition) is 1. The average Bonchev–Trinajstić information content (AvgIpc) is 3.07. The third-order valence-corrected chi connectivity index (χ3v) is 4.68. The highest BCUT2D eigenvalue weighted by Crippen LogP contribution is 2.20. The van der Waals surface area contributed by atoms with E-state index in [0.29, 0.717) is 11.4 Å². The maximum absolute atomic E-state index is 12.5. The van der Waals surface area contributed by atoms with Crippen molar-refractivity contribution in [1.29, 1.82) is 0 Å². The summed E-state index contributed by atoms with van der Waals surface area (Å²) in [5.41, 5.74) is 2.80. The van der Waals surface area contributed by atoms with Crippen molar-refractivity contribution in [3.8, 4) is 0 Å². The number of pyridine rings is 2. The Balaban J connectivity index is 1.47. The van der Waals surface area contributed by atoms with Crippen molar-refractivity contribution in [1.82, 2.24) is 14.4 Å². The fourth-order valence-electron chi connectivity index (χ4n) is 3.46. The van der Waals surface area contributed by atoms with Crippen LogP contribution in [0.3, 0.4) is 0 Å². The van der Waals surface area contributed by atoms with Crippen molar-refractivity contribution >= 4 is 23.1 Å². The molecule has 1 amide bonds. The Hall–Kier alpha value is -2.93. The minimum atomic E-state index is -0.249. The van der Waals surface area contributed by atoms with Gasteiger partial charge in [0.1, 0.15) is 17.2 Å². The highest BCUT2D eigenvalue weighted by Gasteiger charge is 2.23. The van der Waals surface area contributed by atoms with Crippen molar-refractivity contribution < 1.29 is 9.53 Å². The first-order valence-corrected chi connectivity index (χ1v) is 9.12. The van der Waals surface area contributed by atoms with Gasteiger partial charge in [-0.25, -0.2) is 9.97 Å². The fraction of sp³-hybridized carbons (Fsp3) is 0.350. The van der Waals surface area contributed by atoms with E-state index in [-0.39, 0.29) is 18.1 Å². The first kappa shape index (κ1) is 17.5. The van der Waals surface area contributed by atoms with E-state index in [2.05, 4.69) is 34.0 Å². The second-order valence-electron chi connectivity index (χ2n) is 7.04. The molecule has 2 atom stereocenters. The number of anilines is 2. The SMILES string of the molecule is Cc1cccc2nc(C(=O)Nc3ccc(N4CC(C)OC(C)C4)nc3)cn12. The largest absolute Gasteiger partial charge is 0.372 e. The molecule has 1 aliphatic rings. The minimum absolute atomic E-state index is 0.174. The van der Waals surface area contributed by atoms with Gasteiger partial charge in [0.25, 0.3) is 5.91 Å². The molecule has 27 heavy (non-hydrogen) atoms. The summed E-state index contributed by atoms with van der Waals surface area (Å²) in [4.78, 5) is 23.6. The van der Waals surface area contributed by atoms with E-state index in [9.17, 15) is 4.79 Å². The fourth-order valence-corrected chi connectivity index (χ4v) is 3.46. The number of carbonyl (C=O) groups excluding carboxylic acids is 1. The molecule has 0 spiro atoms. The van der Waals surface area contributed by atoms with Crippen LogP contribution in [0.5, 0.6) is 0 Å². The first-order chi connectivity index (χ1) is 13.0. The maximum atomic E-state index is 12.5. The molecule has 4 rings (SSSR count). The summed E-state index contributed by atoms with van der Waals surface area (Å²) < 4.78 is 7.66. The lowest BCUT2D eigenvalue weighted by Crippen LogP contribution is -2.45. The molecule has 3 aromatic rings. The number of morpholine rings is 1. The van der Waals surface area contributed by atoms with Crippen molar-refractivity contribution in [2.24, 2.45) is 0 Å². The third kappa shape index (κ3) is 3.64. The van der Waals surface area contributed by atoms with E-state index in [4.69, 9.17) is 4.74 Å². The molecule has 7 heteroatoms. The standard InChI is InChI=1S/C20H23N5O2/c1-13-5-4-6-19-23-17(12-25(13)19)20(26)22-16-7-8-18(21-9-16)24-10-14(2)27-15(3)11-24/h4-9,12,14-15H,10-11H2,1-3H3,(H,22,26). The summed E-state index contributed by atoms with van der Waals surface area (Å²) in [6, 6.07) is 9.58. The summed E-state index contributed by atoms with van der Waals surface area (Å²) in [5.74, 6) is 0.639. The molecule has 0 aromatic carbocycles. The lowest BCUT2D eigenvalue weighted by Gasteiger charge is -2.36. The zero-order valence-electron chi connectivity index (χ0n) is 15.7. The topological polar surface area (TPSA) is 71.8 Å². The number of imidazole rings is 1. The molecule has 0 radical (unpaired) electrons. The number of nitrogens with zero attached hydrogens (tertiary/aromatic N) is 4. The molecule has 1 N–H and O–H groups in total. The zero-order chi connectivity index (χ0) is 19.0. The number of ether oxygens (including phenoxy) is 1. The number of aromatic nitrogens is 3. The molecule has 7 nitrogen and oxygen atoms in total. The molecule has 1 fully saturated rings. The van der Waals surface area contributed by atoms with Crippen LogP contribution in [0.2, 0.25) is 0 Å². The molecule has 3 aromatic heterocycles. The van der Waals surface area contributed by atoms with Gasteiger partial charge in [0.15, 0.2) is 0 Å². The van der Waals surface area contributed by atoms with E-state index in [1.54, 1.807) is 12.4 Å². The Bertz CT molecular complexity index is 956. The quantitative estimate of drug-likeness (QED) is 0.773. The van der Waals surface area contributed by atoms with E-state index < -0.39 is 0 Å². The Morgan fingerprint density at radius 3 is 2.63 bits per heavy atom. The van der Waals surface area contributed by atoms with Crippen LogP contribution in [-0.2, 0) is 4.74 Å². The second kappa shape index (κ2) is 7.00. The number of hydrogen-bond acceptors (Lipinski definition) is 5. The molecule has 140 valence electrons. The van der Waals surface area contributed by atoms with Crippen LogP contribution in [-0.4, -0.2) is 45.6 Å². The number of rotatable bonds is 3. The van der Waals surface area contributed by atoms with Gasteiger partial charge in [0.2, 0.25) is 0 Å². The van der Waals surface area contributed by atoms with Crippen LogP contribution in [0.4, 0.5) is 11.5 Å². The number of aryl methyl sites for hydroxylation is 1. The molecule has 2 unspecified atom stereocenters. The summed E-state index contributed by atoms with van der Waals surface area (Å²) in [7, 11) is 0. The average molecular weight is 365 g/mol. The number of amides is 1. The lowest BCUT2D eigenvalue weighted by molar-refractivity contribution is -0.00545. The summed E-state index contributed by atoms with van der Waals surface area (Å²) in [6.07, 6.45) is 3.78. The van der Waals surface area contributed by atoms with Gasteiger partial charge >= 0.3 is 0 Å². The highest BCUT2D eigenvalue weighted by molar-refractivity contribution is 6.03. The Labute approximate surface area is 158 Å². The number of fused-ring (bicyclic) bond motifs is 1. The van der Waals surface area contributed by atoms with Gasteiger partial charge in [-0.3, -0.25) is 4.79 Å². The van der Waals surface area contributed by atoms with E-state index in [0.717, 1.165) is 30.2 Å². The van der Waals surface area contributed by atoms with Crippen molar-refractivity contribution in [3.63, 3.8) is 0 Å². The van der Waals surface area contributed by atoms with Gasteiger partial charge in [0.05, 0.1) is 24.1 Å². The van der Waals surface area contributed by atoms with Crippen LogP contribution >= 0.6 is 0 Å². The zero-order valence-corrected chi connectivity index (χ0v) is 15.7. The number of nitrogens with one attached hydrogen (secondary N) is 1. The molecule has 4 heterocycles. The molecular formula is C20H23N5O2. The molecule has 0 bridgehead atoms. The van der Waals surface area contributed by atoms with Gasteiger partial charge < -0.3 is 19.4 Å². The summed E-state index contributed by atoms with van der Waals surface area (Å²) in [6.45, 7) is 7.72. The molecule has 0 aliphatic carbocycles. The van der Waals surface area contributed by atoms with E-state index in [1.165, 1.54) is 0 Å². The van der Waals surface area contributed by atoms with Crippen molar-refractivity contribution in [2.75, 3.05) is 23.3 Å². The number of carbonyl (C=O) groups is 1. The molecular weight excluding hydrogens is 342 g/mol. The molecule has 1 saturated heterocycles. The van der Waals surface area contributed by atoms with Gasteiger partial charge in [-0.1, -0.05) is 6.07 Å². The van der Waals surface area contributed by atoms with Gasteiger partial charge in [-0.2, -0.15) is 0 Å².